The van der Waals surface area contributed by atoms with Gasteiger partial charge in [-0.1, -0.05) is 30.3 Å². The molecule has 0 bridgehead atoms. The van der Waals surface area contributed by atoms with Gasteiger partial charge >= 0.3 is 0 Å². The molecule has 0 aromatic heterocycles. The van der Waals surface area contributed by atoms with E-state index in [0.717, 1.165) is 25.9 Å². The molecule has 1 heterocycles. The van der Waals surface area contributed by atoms with E-state index in [9.17, 15) is 9.59 Å². The third-order valence-corrected chi connectivity index (χ3v) is 2.97. The second-order valence-electron chi connectivity index (χ2n) is 4.08. The van der Waals surface area contributed by atoms with E-state index in [1.165, 1.54) is 0 Å². The highest BCUT2D eigenvalue weighted by Gasteiger charge is 2.27. The van der Waals surface area contributed by atoms with E-state index in [2.05, 4.69) is 5.32 Å². The van der Waals surface area contributed by atoms with Gasteiger partial charge in [0.25, 0.3) is 0 Å². The Bertz CT molecular complexity index is 388. The van der Waals surface area contributed by atoms with Crippen LogP contribution in [0.15, 0.2) is 30.3 Å². The lowest BCUT2D eigenvalue weighted by Crippen LogP contribution is -2.34. The van der Waals surface area contributed by atoms with E-state index in [4.69, 9.17) is 0 Å². The third-order valence-electron chi connectivity index (χ3n) is 2.97. The maximum atomic E-state index is 11.9. The summed E-state index contributed by atoms with van der Waals surface area (Å²) >= 11 is 0. The predicted molar refractivity (Wildman–Crippen MR) is 72.2 cm³/mol. The van der Waals surface area contributed by atoms with E-state index < -0.39 is 0 Å². The molecule has 0 radical (unpaired) electrons. The van der Waals surface area contributed by atoms with E-state index in [1.54, 1.807) is 24.3 Å². The van der Waals surface area contributed by atoms with E-state index in [1.807, 2.05) is 6.07 Å². The monoisotopic (exact) mass is 271 g/mol. The number of carbonyl (C=O) groups excluding carboxylic acids is 2. The van der Waals surface area contributed by atoms with Crippen molar-refractivity contribution in [2.75, 3.05) is 13.1 Å². The molecule has 0 spiro atoms. The second-order valence-corrected chi connectivity index (χ2v) is 4.08. The van der Waals surface area contributed by atoms with Crippen LogP contribution in [0, 0.1) is 5.92 Å². The Kier molecular flexibility index (Phi) is 7.43. The zero-order chi connectivity index (χ0) is 11.4. The molecule has 1 aromatic rings. The van der Waals surface area contributed by atoms with Gasteiger partial charge in [-0.2, -0.15) is 0 Å². The van der Waals surface area contributed by atoms with Crippen molar-refractivity contribution in [3.05, 3.63) is 35.9 Å². The van der Waals surface area contributed by atoms with Gasteiger partial charge in [-0.3, -0.25) is 9.59 Å². The number of ketones is 2. The highest BCUT2D eigenvalue weighted by molar-refractivity contribution is 6.44. The summed E-state index contributed by atoms with van der Waals surface area (Å²) in [6.07, 6.45) is 1.55. The Morgan fingerprint density at radius 1 is 1.06 bits per heavy atom. The minimum absolute atomic E-state index is 0. The van der Waals surface area contributed by atoms with Gasteiger partial charge < -0.3 is 10.8 Å². The van der Waals surface area contributed by atoms with Crippen molar-refractivity contribution >= 4 is 24.0 Å². The fourth-order valence-electron chi connectivity index (χ4n) is 2.00. The van der Waals surface area contributed by atoms with Gasteiger partial charge in [-0.25, -0.2) is 0 Å². The maximum Gasteiger partial charge on any atom is 0.228 e. The van der Waals surface area contributed by atoms with E-state index in [0.29, 0.717) is 5.56 Å². The summed E-state index contributed by atoms with van der Waals surface area (Å²) in [6, 6.07) is 8.79. The maximum absolute atomic E-state index is 11.9. The molecule has 4 nitrogen and oxygen atoms in total. The van der Waals surface area contributed by atoms with Gasteiger partial charge in [-0.15, -0.1) is 12.4 Å². The molecule has 0 aliphatic carbocycles. The van der Waals surface area contributed by atoms with Gasteiger partial charge in [0, 0.05) is 11.5 Å². The SMILES string of the molecule is Cl.O.O=C(C(=O)C1CCNCC1)c1ccccc1. The number of hydrogen-bond acceptors (Lipinski definition) is 3. The van der Waals surface area contributed by atoms with E-state index >= 15 is 0 Å². The number of hydrogen-bond donors (Lipinski definition) is 1. The number of carbonyl (C=O) groups is 2. The molecule has 3 N–H and O–H groups in total. The Labute approximate surface area is 112 Å². The van der Waals surface area contributed by atoms with Crippen LogP contribution in [0.25, 0.3) is 0 Å². The first-order valence-corrected chi connectivity index (χ1v) is 5.63. The van der Waals surface area contributed by atoms with Crippen LogP contribution >= 0.6 is 12.4 Å². The molecule has 1 aliphatic heterocycles. The van der Waals surface area contributed by atoms with Crippen molar-refractivity contribution in [1.29, 1.82) is 0 Å². The van der Waals surface area contributed by atoms with Crippen LogP contribution in [-0.4, -0.2) is 30.1 Å². The van der Waals surface area contributed by atoms with Crippen LogP contribution in [0.3, 0.4) is 0 Å². The summed E-state index contributed by atoms with van der Waals surface area (Å²) < 4.78 is 0. The minimum Gasteiger partial charge on any atom is -0.412 e. The second kappa shape index (κ2) is 7.97. The minimum atomic E-state index is -0.340. The largest absolute Gasteiger partial charge is 0.412 e. The molecule has 1 aliphatic rings. The van der Waals surface area contributed by atoms with Crippen LogP contribution in [0.1, 0.15) is 23.2 Å². The lowest BCUT2D eigenvalue weighted by Gasteiger charge is -2.20. The van der Waals surface area contributed by atoms with Crippen molar-refractivity contribution < 1.29 is 15.1 Å². The predicted octanol–water partition coefficient (Wildman–Crippen LogP) is 1.04. The van der Waals surface area contributed by atoms with Crippen LogP contribution < -0.4 is 5.32 Å². The topological polar surface area (TPSA) is 77.7 Å². The highest BCUT2D eigenvalue weighted by Crippen LogP contribution is 2.15. The van der Waals surface area contributed by atoms with Crippen molar-refractivity contribution in [1.82, 2.24) is 5.32 Å². The van der Waals surface area contributed by atoms with Crippen molar-refractivity contribution in [2.45, 2.75) is 12.8 Å². The average molecular weight is 272 g/mol. The Morgan fingerprint density at radius 2 is 1.61 bits per heavy atom. The number of rotatable bonds is 3. The highest BCUT2D eigenvalue weighted by atomic mass is 35.5. The number of piperidine rings is 1. The van der Waals surface area contributed by atoms with Crippen LogP contribution in [0.4, 0.5) is 0 Å². The molecule has 0 atom stereocenters. The number of halogens is 1. The Hall–Kier alpha value is -1.23. The number of Topliss-reactive ketones (excluding diaryl/α,β-unsaturated/α-hetero) is 2. The molecule has 5 heteroatoms. The summed E-state index contributed by atoms with van der Waals surface area (Å²) in [5, 5.41) is 3.18. The van der Waals surface area contributed by atoms with Crippen LogP contribution in [0.2, 0.25) is 0 Å². The lowest BCUT2D eigenvalue weighted by atomic mass is 9.89. The normalized spacial score (nSPS) is 15.1. The molecule has 0 amide bonds. The average Bonchev–Trinajstić information content (AvgIpc) is 2.39. The zero-order valence-corrected chi connectivity index (χ0v) is 10.8. The molecule has 0 saturated carbocycles. The molecule has 2 rings (SSSR count). The Balaban J connectivity index is 0.00000144. The molecule has 1 saturated heterocycles. The molecular weight excluding hydrogens is 254 g/mol. The first kappa shape index (κ1) is 16.8. The Morgan fingerprint density at radius 3 is 2.17 bits per heavy atom. The molecular formula is C13H18ClNO3. The van der Waals surface area contributed by atoms with Crippen LogP contribution in [-0.2, 0) is 4.79 Å². The molecule has 1 aromatic carbocycles. The third kappa shape index (κ3) is 3.91. The summed E-state index contributed by atoms with van der Waals surface area (Å²) in [5.41, 5.74) is 0.506. The standard InChI is InChI=1S/C13H15NO2.ClH.H2O/c15-12(10-4-2-1-3-5-10)13(16)11-6-8-14-9-7-11;;/h1-5,11,14H,6-9H2;1H;1H2. The lowest BCUT2D eigenvalue weighted by molar-refractivity contribution is -0.119. The van der Waals surface area contributed by atoms with Gasteiger partial charge in [0.05, 0.1) is 0 Å². The van der Waals surface area contributed by atoms with Crippen LogP contribution in [0.5, 0.6) is 0 Å². The summed E-state index contributed by atoms with van der Waals surface area (Å²) in [6.45, 7) is 1.66. The molecule has 0 unspecified atom stereocenters. The quantitative estimate of drug-likeness (QED) is 0.659. The fraction of sp³-hybridized carbons (Fsp3) is 0.385. The summed E-state index contributed by atoms with van der Waals surface area (Å²) in [7, 11) is 0. The molecule has 1 fully saturated rings. The zero-order valence-electron chi connectivity index (χ0n) is 10.0. The smallest absolute Gasteiger partial charge is 0.228 e. The van der Waals surface area contributed by atoms with Gasteiger partial charge in [0.1, 0.15) is 0 Å². The number of nitrogens with one attached hydrogen (secondary N) is 1. The first-order valence-electron chi connectivity index (χ1n) is 5.63. The van der Waals surface area contributed by atoms with Gasteiger partial charge in [0.15, 0.2) is 0 Å². The van der Waals surface area contributed by atoms with E-state index in [-0.39, 0.29) is 35.4 Å². The van der Waals surface area contributed by atoms with Crippen molar-refractivity contribution in [3.63, 3.8) is 0 Å². The first-order chi connectivity index (χ1) is 7.79. The van der Waals surface area contributed by atoms with Crippen molar-refractivity contribution in [2.24, 2.45) is 5.92 Å². The van der Waals surface area contributed by atoms with Crippen molar-refractivity contribution in [3.8, 4) is 0 Å². The summed E-state index contributed by atoms with van der Waals surface area (Å²) in [5.74, 6) is -0.658. The van der Waals surface area contributed by atoms with Gasteiger partial charge in [-0.05, 0) is 25.9 Å². The van der Waals surface area contributed by atoms with Gasteiger partial charge in [0.2, 0.25) is 11.6 Å². The fourth-order valence-corrected chi connectivity index (χ4v) is 2.00. The number of benzene rings is 1. The summed E-state index contributed by atoms with van der Waals surface area (Å²) in [4.78, 5) is 23.8. The molecule has 100 valence electrons. The molecule has 18 heavy (non-hydrogen) atoms.